The number of ether oxygens (including phenoxy) is 1. The van der Waals surface area contributed by atoms with Gasteiger partial charge in [0, 0.05) is 32.7 Å². The molecule has 2 aromatic rings. The molecular weight excluding hydrogens is 476 g/mol. The van der Waals surface area contributed by atoms with Crippen LogP contribution in [0.2, 0.25) is 0 Å². The lowest BCUT2D eigenvalue weighted by molar-refractivity contribution is -0.135. The largest absolute Gasteiger partial charge is 0.497 e. The van der Waals surface area contributed by atoms with E-state index in [1.165, 1.54) is 29.5 Å². The van der Waals surface area contributed by atoms with E-state index in [1.54, 1.807) is 7.11 Å². The number of methoxy groups -OCH3 is 1. The molecule has 7 nitrogen and oxygen atoms in total. The van der Waals surface area contributed by atoms with E-state index in [1.807, 2.05) is 35.8 Å². The molecule has 0 N–H and O–H groups in total. The highest BCUT2D eigenvalue weighted by molar-refractivity contribution is 5.89. The van der Waals surface area contributed by atoms with Gasteiger partial charge < -0.3 is 19.4 Å². The normalized spacial score (nSPS) is 21.3. The number of likely N-dealkylation sites (tertiary alicyclic amines) is 1. The number of hydrogen-bond donors (Lipinski definition) is 0. The van der Waals surface area contributed by atoms with Crippen molar-refractivity contribution in [1.82, 2.24) is 19.6 Å². The predicted molar refractivity (Wildman–Crippen MR) is 149 cm³/mol. The molecule has 0 radical (unpaired) electrons. The number of piperidine rings is 1. The Morgan fingerprint density at radius 2 is 1.58 bits per heavy atom. The Labute approximate surface area is 227 Å². The number of likely N-dealkylation sites (N-methyl/N-ethyl adjacent to an activating group) is 1. The molecule has 1 unspecified atom stereocenters. The minimum Gasteiger partial charge on any atom is -0.497 e. The first-order valence-corrected chi connectivity index (χ1v) is 14.2. The molecule has 2 aromatic carbocycles. The smallest absolute Gasteiger partial charge is 0.319 e. The highest BCUT2D eigenvalue weighted by Gasteiger charge is 2.57. The highest BCUT2D eigenvalue weighted by atomic mass is 16.5. The number of nitrogens with zero attached hydrogens (tertiary/aromatic N) is 4. The topological polar surface area (TPSA) is 56.3 Å². The number of hydrogen-bond acceptors (Lipinski definition) is 4. The molecule has 0 bridgehead atoms. The average molecular weight is 519 g/mol. The number of carbonyl (C=O) groups is 2. The van der Waals surface area contributed by atoms with Crippen molar-refractivity contribution in [3.05, 3.63) is 65.2 Å². The summed E-state index contributed by atoms with van der Waals surface area (Å²) in [6, 6.07) is 17.2. The molecule has 3 fully saturated rings. The van der Waals surface area contributed by atoms with Crippen LogP contribution >= 0.6 is 0 Å². The van der Waals surface area contributed by atoms with Gasteiger partial charge in [-0.1, -0.05) is 36.4 Å². The zero-order valence-corrected chi connectivity index (χ0v) is 23.4. The molecule has 3 aliphatic rings. The molecule has 204 valence electrons. The maximum absolute atomic E-state index is 14.3. The molecule has 1 spiro atoms. The van der Waals surface area contributed by atoms with E-state index in [4.69, 9.17) is 4.74 Å². The van der Waals surface area contributed by atoms with Gasteiger partial charge in [-0.15, -0.1) is 0 Å². The predicted octanol–water partition coefficient (Wildman–Crippen LogP) is 4.88. The second-order valence-electron chi connectivity index (χ2n) is 11.0. The Morgan fingerprint density at radius 3 is 2.13 bits per heavy atom. The summed E-state index contributed by atoms with van der Waals surface area (Å²) < 4.78 is 5.31. The monoisotopic (exact) mass is 518 g/mol. The van der Waals surface area contributed by atoms with Crippen LogP contribution in [0, 0.1) is 0 Å². The van der Waals surface area contributed by atoms with Gasteiger partial charge >= 0.3 is 6.03 Å². The fraction of sp³-hybridized carbons (Fsp3) is 0.548. The standard InChI is InChI=1S/C31H42N4O3/c1-5-33(6-2)30(37)34-21-18-31(19-22-34)29(36)35(20-17-23-7-15-27(38-4)16-8-23)28(32(31)3)26-13-11-25(12-14-26)24-9-10-24/h7-8,11-16,24,28H,5-6,9-10,17-22H2,1-4H3. The summed E-state index contributed by atoms with van der Waals surface area (Å²) in [5, 5.41) is 0. The van der Waals surface area contributed by atoms with Gasteiger partial charge in [-0.05, 0) is 87.7 Å². The number of urea groups is 1. The fourth-order valence-electron chi connectivity index (χ4n) is 6.33. The van der Waals surface area contributed by atoms with E-state index in [0.717, 1.165) is 12.2 Å². The van der Waals surface area contributed by atoms with Gasteiger partial charge in [-0.25, -0.2) is 4.79 Å². The summed E-state index contributed by atoms with van der Waals surface area (Å²) in [6.07, 6.45) is 4.54. The average Bonchev–Trinajstić information content (AvgIpc) is 3.79. The van der Waals surface area contributed by atoms with Gasteiger partial charge in [0.05, 0.1) is 7.11 Å². The fourth-order valence-corrected chi connectivity index (χ4v) is 6.33. The van der Waals surface area contributed by atoms with E-state index < -0.39 is 5.54 Å². The third-order valence-electron chi connectivity index (χ3n) is 8.98. The lowest BCUT2D eigenvalue weighted by atomic mass is 9.86. The zero-order valence-electron chi connectivity index (χ0n) is 23.4. The molecule has 2 heterocycles. The molecule has 5 rings (SSSR count). The summed E-state index contributed by atoms with van der Waals surface area (Å²) >= 11 is 0. The maximum atomic E-state index is 14.3. The van der Waals surface area contributed by atoms with Gasteiger partial charge in [-0.2, -0.15) is 0 Å². The number of benzene rings is 2. The lowest BCUT2D eigenvalue weighted by Gasteiger charge is -2.43. The Hall–Kier alpha value is -3.06. The Morgan fingerprint density at radius 1 is 0.974 bits per heavy atom. The second kappa shape index (κ2) is 11.0. The van der Waals surface area contributed by atoms with Crippen molar-refractivity contribution in [2.75, 3.05) is 46.9 Å². The molecule has 2 aliphatic heterocycles. The van der Waals surface area contributed by atoms with Gasteiger partial charge in [-0.3, -0.25) is 9.69 Å². The second-order valence-corrected chi connectivity index (χ2v) is 11.0. The van der Waals surface area contributed by atoms with Crippen LogP contribution in [-0.4, -0.2) is 84.0 Å². The first kappa shape index (κ1) is 26.5. The highest BCUT2D eigenvalue weighted by Crippen LogP contribution is 2.46. The first-order chi connectivity index (χ1) is 18.4. The van der Waals surface area contributed by atoms with Gasteiger partial charge in [0.25, 0.3) is 0 Å². The third-order valence-corrected chi connectivity index (χ3v) is 8.98. The van der Waals surface area contributed by atoms with E-state index >= 15 is 0 Å². The van der Waals surface area contributed by atoms with Crippen LogP contribution in [0.25, 0.3) is 0 Å². The molecule has 3 amide bonds. The van der Waals surface area contributed by atoms with E-state index in [-0.39, 0.29) is 18.1 Å². The van der Waals surface area contributed by atoms with Crippen LogP contribution in [0.1, 0.15) is 68.3 Å². The Kier molecular flexibility index (Phi) is 7.66. The summed E-state index contributed by atoms with van der Waals surface area (Å²) in [5.74, 6) is 1.74. The van der Waals surface area contributed by atoms with Crippen LogP contribution < -0.4 is 4.74 Å². The van der Waals surface area contributed by atoms with Crippen LogP contribution in [0.15, 0.2) is 48.5 Å². The third kappa shape index (κ3) is 4.89. The number of carbonyl (C=O) groups excluding carboxylic acids is 2. The van der Waals surface area contributed by atoms with E-state index in [2.05, 4.69) is 53.2 Å². The zero-order chi connectivity index (χ0) is 26.9. The van der Waals surface area contributed by atoms with Crippen LogP contribution in [0.3, 0.4) is 0 Å². The van der Waals surface area contributed by atoms with E-state index in [9.17, 15) is 9.59 Å². The van der Waals surface area contributed by atoms with Gasteiger partial charge in [0.2, 0.25) is 5.91 Å². The minimum atomic E-state index is -0.584. The lowest BCUT2D eigenvalue weighted by Crippen LogP contribution is -2.57. The summed E-state index contributed by atoms with van der Waals surface area (Å²) in [6.45, 7) is 7.29. The van der Waals surface area contributed by atoms with E-state index in [0.29, 0.717) is 51.5 Å². The van der Waals surface area contributed by atoms with Crippen molar-refractivity contribution in [1.29, 1.82) is 0 Å². The van der Waals surface area contributed by atoms with Crippen molar-refractivity contribution >= 4 is 11.9 Å². The van der Waals surface area contributed by atoms with Gasteiger partial charge in [0.15, 0.2) is 0 Å². The maximum Gasteiger partial charge on any atom is 0.319 e. The number of amides is 3. The molecule has 0 aromatic heterocycles. The molecule has 1 aliphatic carbocycles. The summed E-state index contributed by atoms with van der Waals surface area (Å²) in [5.41, 5.74) is 3.17. The van der Waals surface area contributed by atoms with Crippen LogP contribution in [-0.2, 0) is 11.2 Å². The quantitative estimate of drug-likeness (QED) is 0.500. The molecule has 38 heavy (non-hydrogen) atoms. The van der Waals surface area contributed by atoms with Crippen molar-refractivity contribution < 1.29 is 14.3 Å². The molecule has 1 atom stereocenters. The summed E-state index contributed by atoms with van der Waals surface area (Å²) in [4.78, 5) is 35.4. The minimum absolute atomic E-state index is 0.0847. The van der Waals surface area contributed by atoms with Crippen molar-refractivity contribution in [3.63, 3.8) is 0 Å². The molecule has 7 heteroatoms. The molecule has 2 saturated heterocycles. The van der Waals surface area contributed by atoms with Crippen molar-refractivity contribution in [2.24, 2.45) is 0 Å². The molecule has 1 saturated carbocycles. The van der Waals surface area contributed by atoms with Gasteiger partial charge in [0.1, 0.15) is 17.5 Å². The van der Waals surface area contributed by atoms with Crippen LogP contribution in [0.5, 0.6) is 5.75 Å². The van der Waals surface area contributed by atoms with Crippen LogP contribution in [0.4, 0.5) is 4.79 Å². The number of rotatable bonds is 8. The van der Waals surface area contributed by atoms with Crippen molar-refractivity contribution in [3.8, 4) is 5.75 Å². The SMILES string of the molecule is CCN(CC)C(=O)N1CCC2(CC1)C(=O)N(CCc1ccc(OC)cc1)C(c1ccc(C3CC3)cc1)N2C. The molecular formula is C31H42N4O3. The van der Waals surface area contributed by atoms with Crippen molar-refractivity contribution in [2.45, 2.75) is 63.6 Å². The first-order valence-electron chi connectivity index (χ1n) is 14.2. The summed E-state index contributed by atoms with van der Waals surface area (Å²) in [7, 11) is 3.78. The Bertz CT molecular complexity index is 1120. The Balaban J connectivity index is 1.38.